The molecule has 0 aliphatic carbocycles. The molecule has 2 heterocycles. The number of hydrogen-bond donors (Lipinski definition) is 1. The van der Waals surface area contributed by atoms with Crippen LogP contribution in [0.15, 0.2) is 46.6 Å². The van der Waals surface area contributed by atoms with E-state index >= 15 is 0 Å². The lowest BCUT2D eigenvalue weighted by molar-refractivity contribution is -0.116. The molecule has 1 amide bonds. The molecule has 3 aromatic rings. The van der Waals surface area contributed by atoms with E-state index in [-0.39, 0.29) is 23.7 Å². The van der Waals surface area contributed by atoms with E-state index in [1.807, 2.05) is 12.3 Å². The molecular weight excluding hydrogens is 355 g/mol. The molecule has 1 aromatic carbocycles. The SMILES string of the molecule is Cc1csc(NC(=O)CCCn2nc(-c3ccc(F)cc3)ccc2=O)n1. The summed E-state index contributed by atoms with van der Waals surface area (Å²) in [6.07, 6.45) is 0.726. The summed E-state index contributed by atoms with van der Waals surface area (Å²) in [5, 5.41) is 9.46. The maximum absolute atomic E-state index is 13.0. The standard InChI is InChI=1S/C18H17FN4O2S/c1-12-11-26-18(20-12)21-16(24)3-2-10-23-17(25)9-8-15(22-23)13-4-6-14(19)7-5-13/h4-9,11H,2-3,10H2,1H3,(H,20,21,24). The minimum Gasteiger partial charge on any atom is -0.302 e. The molecule has 6 nitrogen and oxygen atoms in total. The van der Waals surface area contributed by atoms with Crippen molar-refractivity contribution in [1.82, 2.24) is 14.8 Å². The number of anilines is 1. The van der Waals surface area contributed by atoms with Crippen molar-refractivity contribution in [1.29, 1.82) is 0 Å². The smallest absolute Gasteiger partial charge is 0.266 e. The molecule has 0 atom stereocenters. The van der Waals surface area contributed by atoms with Crippen LogP contribution in [-0.4, -0.2) is 20.7 Å². The Labute approximate surface area is 153 Å². The largest absolute Gasteiger partial charge is 0.302 e. The van der Waals surface area contributed by atoms with Crippen LogP contribution < -0.4 is 10.9 Å². The van der Waals surface area contributed by atoms with Gasteiger partial charge >= 0.3 is 0 Å². The summed E-state index contributed by atoms with van der Waals surface area (Å²) >= 11 is 1.37. The third kappa shape index (κ3) is 4.60. The second-order valence-corrected chi connectivity index (χ2v) is 6.59. The zero-order chi connectivity index (χ0) is 18.5. The minimum absolute atomic E-state index is 0.151. The topological polar surface area (TPSA) is 76.9 Å². The Hall–Kier alpha value is -2.87. The molecule has 2 aromatic heterocycles. The number of aryl methyl sites for hydroxylation is 2. The Kier molecular flexibility index (Phi) is 5.52. The van der Waals surface area contributed by atoms with Crippen LogP contribution in [0, 0.1) is 12.7 Å². The highest BCUT2D eigenvalue weighted by Crippen LogP contribution is 2.16. The van der Waals surface area contributed by atoms with Crippen molar-refractivity contribution in [3.8, 4) is 11.3 Å². The molecule has 3 rings (SSSR count). The van der Waals surface area contributed by atoms with E-state index in [2.05, 4.69) is 15.4 Å². The summed E-state index contributed by atoms with van der Waals surface area (Å²) in [5.74, 6) is -0.481. The van der Waals surface area contributed by atoms with Gasteiger partial charge in [-0.2, -0.15) is 5.10 Å². The van der Waals surface area contributed by atoms with Gasteiger partial charge in [-0.15, -0.1) is 11.3 Å². The predicted octanol–water partition coefficient (Wildman–Crippen LogP) is 3.23. The second-order valence-electron chi connectivity index (χ2n) is 5.73. The first-order valence-electron chi connectivity index (χ1n) is 8.07. The van der Waals surface area contributed by atoms with Gasteiger partial charge in [-0.3, -0.25) is 9.59 Å². The van der Waals surface area contributed by atoms with E-state index in [0.29, 0.717) is 23.8 Å². The van der Waals surface area contributed by atoms with Crippen molar-refractivity contribution < 1.29 is 9.18 Å². The number of amides is 1. The second kappa shape index (κ2) is 8.01. The van der Waals surface area contributed by atoms with Crippen molar-refractivity contribution in [3.05, 3.63) is 63.6 Å². The molecule has 0 aliphatic rings. The van der Waals surface area contributed by atoms with Crippen LogP contribution in [0.1, 0.15) is 18.5 Å². The van der Waals surface area contributed by atoms with Crippen molar-refractivity contribution in [2.24, 2.45) is 0 Å². The van der Waals surface area contributed by atoms with Gasteiger partial charge in [0.1, 0.15) is 5.82 Å². The van der Waals surface area contributed by atoms with Gasteiger partial charge in [0.25, 0.3) is 5.56 Å². The van der Waals surface area contributed by atoms with E-state index in [9.17, 15) is 14.0 Å². The zero-order valence-corrected chi connectivity index (χ0v) is 14.9. The molecule has 0 fully saturated rings. The summed E-state index contributed by atoms with van der Waals surface area (Å²) in [4.78, 5) is 28.1. The average Bonchev–Trinajstić information content (AvgIpc) is 3.02. The van der Waals surface area contributed by atoms with E-state index in [1.165, 1.54) is 34.2 Å². The highest BCUT2D eigenvalue weighted by molar-refractivity contribution is 7.13. The fourth-order valence-electron chi connectivity index (χ4n) is 2.37. The van der Waals surface area contributed by atoms with Gasteiger partial charge in [0.15, 0.2) is 5.13 Å². The van der Waals surface area contributed by atoms with Crippen LogP contribution >= 0.6 is 11.3 Å². The maximum Gasteiger partial charge on any atom is 0.266 e. The normalized spacial score (nSPS) is 10.7. The number of aromatic nitrogens is 3. The lowest BCUT2D eigenvalue weighted by atomic mass is 10.1. The average molecular weight is 372 g/mol. The fraction of sp³-hybridized carbons (Fsp3) is 0.222. The Morgan fingerprint density at radius 3 is 2.69 bits per heavy atom. The molecule has 134 valence electrons. The third-order valence-corrected chi connectivity index (χ3v) is 4.52. The van der Waals surface area contributed by atoms with Crippen LogP contribution in [0.4, 0.5) is 9.52 Å². The quantitative estimate of drug-likeness (QED) is 0.721. The Balaban J connectivity index is 1.60. The van der Waals surface area contributed by atoms with E-state index in [1.54, 1.807) is 18.2 Å². The third-order valence-electron chi connectivity index (χ3n) is 3.65. The molecule has 0 saturated carbocycles. The van der Waals surface area contributed by atoms with Gasteiger partial charge in [-0.05, 0) is 43.7 Å². The molecule has 1 N–H and O–H groups in total. The summed E-state index contributed by atoms with van der Waals surface area (Å²) in [6, 6.07) is 8.92. The lowest BCUT2D eigenvalue weighted by Crippen LogP contribution is -2.23. The van der Waals surface area contributed by atoms with Crippen molar-refractivity contribution in [3.63, 3.8) is 0 Å². The summed E-state index contributed by atoms with van der Waals surface area (Å²) in [6.45, 7) is 2.18. The van der Waals surface area contributed by atoms with Gasteiger partial charge in [0.05, 0.1) is 11.4 Å². The van der Waals surface area contributed by atoms with Gasteiger partial charge in [0.2, 0.25) is 5.91 Å². The molecule has 0 saturated heterocycles. The monoisotopic (exact) mass is 372 g/mol. The van der Waals surface area contributed by atoms with E-state index < -0.39 is 0 Å². The first-order valence-corrected chi connectivity index (χ1v) is 8.95. The molecule has 26 heavy (non-hydrogen) atoms. The molecule has 0 radical (unpaired) electrons. The Bertz CT molecular complexity index is 966. The lowest BCUT2D eigenvalue weighted by Gasteiger charge is -2.07. The van der Waals surface area contributed by atoms with Crippen molar-refractivity contribution in [2.45, 2.75) is 26.3 Å². The minimum atomic E-state index is -0.330. The maximum atomic E-state index is 13.0. The number of benzene rings is 1. The Morgan fingerprint density at radius 2 is 2.00 bits per heavy atom. The molecule has 0 spiro atoms. The number of carbonyl (C=O) groups excluding carboxylic acids is 1. The predicted molar refractivity (Wildman–Crippen MR) is 98.6 cm³/mol. The first kappa shape index (κ1) is 17.9. The van der Waals surface area contributed by atoms with Crippen LogP contribution in [0.3, 0.4) is 0 Å². The Morgan fingerprint density at radius 1 is 1.23 bits per heavy atom. The fourth-order valence-corrected chi connectivity index (χ4v) is 3.07. The first-order chi connectivity index (χ1) is 12.5. The van der Waals surface area contributed by atoms with Crippen molar-refractivity contribution >= 4 is 22.4 Å². The van der Waals surface area contributed by atoms with Crippen LogP contribution in [0.5, 0.6) is 0 Å². The molecule has 0 unspecified atom stereocenters. The number of halogens is 1. The van der Waals surface area contributed by atoms with Gasteiger partial charge in [-0.25, -0.2) is 14.1 Å². The highest BCUT2D eigenvalue weighted by atomic mass is 32.1. The number of carbonyl (C=O) groups is 1. The summed E-state index contributed by atoms with van der Waals surface area (Å²) in [7, 11) is 0. The summed E-state index contributed by atoms with van der Waals surface area (Å²) in [5.41, 5.74) is 1.91. The molecule has 0 aliphatic heterocycles. The molecule has 8 heteroatoms. The van der Waals surface area contributed by atoms with Crippen LogP contribution in [0.2, 0.25) is 0 Å². The summed E-state index contributed by atoms with van der Waals surface area (Å²) < 4.78 is 14.3. The van der Waals surface area contributed by atoms with Crippen LogP contribution in [0.25, 0.3) is 11.3 Å². The highest BCUT2D eigenvalue weighted by Gasteiger charge is 2.07. The molecular formula is C18H17FN4O2S. The number of thiazole rings is 1. The van der Waals surface area contributed by atoms with E-state index in [4.69, 9.17) is 0 Å². The van der Waals surface area contributed by atoms with Gasteiger partial charge in [0, 0.05) is 30.0 Å². The number of nitrogens with one attached hydrogen (secondary N) is 1. The molecule has 0 bridgehead atoms. The number of nitrogens with zero attached hydrogens (tertiary/aromatic N) is 3. The van der Waals surface area contributed by atoms with Crippen molar-refractivity contribution in [2.75, 3.05) is 5.32 Å². The number of hydrogen-bond acceptors (Lipinski definition) is 5. The van der Waals surface area contributed by atoms with Gasteiger partial charge < -0.3 is 5.32 Å². The van der Waals surface area contributed by atoms with Crippen LogP contribution in [-0.2, 0) is 11.3 Å². The number of rotatable bonds is 6. The zero-order valence-electron chi connectivity index (χ0n) is 14.1. The van der Waals surface area contributed by atoms with E-state index in [0.717, 1.165) is 11.3 Å². The van der Waals surface area contributed by atoms with Gasteiger partial charge in [-0.1, -0.05) is 0 Å².